The van der Waals surface area contributed by atoms with E-state index in [1.54, 1.807) is 30.6 Å². The summed E-state index contributed by atoms with van der Waals surface area (Å²) in [6, 6.07) is 12.4. The molecule has 0 fully saturated rings. The van der Waals surface area contributed by atoms with Crippen molar-refractivity contribution in [3.8, 4) is 17.2 Å². The highest BCUT2D eigenvalue weighted by molar-refractivity contribution is 5.62. The summed E-state index contributed by atoms with van der Waals surface area (Å²) in [7, 11) is 0. The van der Waals surface area contributed by atoms with Crippen molar-refractivity contribution in [2.75, 3.05) is 0 Å². The molecule has 2 atom stereocenters. The molecule has 4 nitrogen and oxygen atoms in total. The molecule has 0 aliphatic rings. The van der Waals surface area contributed by atoms with Gasteiger partial charge in [-0.15, -0.1) is 0 Å². The Morgan fingerprint density at radius 3 is 2.06 bits per heavy atom. The normalized spacial score (nSPS) is 13.6. The molecule has 2 N–H and O–H groups in total. The van der Waals surface area contributed by atoms with Gasteiger partial charge in [0.05, 0.1) is 6.07 Å². The molecule has 1 aromatic carbocycles. The first kappa shape index (κ1) is 12.2. The van der Waals surface area contributed by atoms with Gasteiger partial charge in [0.25, 0.3) is 0 Å². The number of pyridine rings is 1. The van der Waals surface area contributed by atoms with Crippen molar-refractivity contribution < 1.29 is 10.2 Å². The molecule has 1 aromatic heterocycles. The zero-order valence-electron chi connectivity index (χ0n) is 9.56. The minimum Gasteiger partial charge on any atom is -0.385 e. The molecule has 90 valence electrons. The fraction of sp³-hybridized carbons (Fsp3) is 0.143. The molecule has 0 spiro atoms. The number of hydrogen-bond acceptors (Lipinski definition) is 4. The Balaban J connectivity index is 2.24. The Hall–Kier alpha value is -2.22. The van der Waals surface area contributed by atoms with Crippen LogP contribution < -0.4 is 0 Å². The van der Waals surface area contributed by atoms with Gasteiger partial charge in [0.15, 0.2) is 6.10 Å². The summed E-state index contributed by atoms with van der Waals surface area (Å²) in [6.07, 6.45) is 0.827. The zero-order valence-corrected chi connectivity index (χ0v) is 9.56. The molecule has 2 aromatic rings. The molecule has 2 unspecified atom stereocenters. The molecule has 0 bridgehead atoms. The Kier molecular flexibility index (Phi) is 3.68. The van der Waals surface area contributed by atoms with Crippen molar-refractivity contribution in [3.63, 3.8) is 0 Å². The first-order valence-corrected chi connectivity index (χ1v) is 5.48. The van der Waals surface area contributed by atoms with Gasteiger partial charge >= 0.3 is 0 Å². The fourth-order valence-electron chi connectivity index (χ4n) is 1.67. The van der Waals surface area contributed by atoms with Gasteiger partial charge in [0.2, 0.25) is 0 Å². The molecule has 0 radical (unpaired) electrons. The van der Waals surface area contributed by atoms with Gasteiger partial charge in [-0.05, 0) is 28.8 Å². The molecule has 0 aliphatic heterocycles. The number of nitrogens with zero attached hydrogens (tertiary/aromatic N) is 2. The second kappa shape index (κ2) is 5.41. The predicted molar refractivity (Wildman–Crippen MR) is 66.3 cm³/mol. The Labute approximate surface area is 105 Å². The highest BCUT2D eigenvalue weighted by atomic mass is 16.3. The summed E-state index contributed by atoms with van der Waals surface area (Å²) in [4.78, 5) is 3.94. The number of benzene rings is 1. The van der Waals surface area contributed by atoms with Gasteiger partial charge in [-0.25, -0.2) is 0 Å². The van der Waals surface area contributed by atoms with E-state index in [2.05, 4.69) is 4.98 Å². The number of aliphatic hydroxyl groups excluding tert-OH is 2. The minimum atomic E-state index is -1.41. The molecule has 0 saturated heterocycles. The van der Waals surface area contributed by atoms with Crippen molar-refractivity contribution in [2.45, 2.75) is 12.2 Å². The first-order valence-electron chi connectivity index (χ1n) is 5.48. The highest BCUT2D eigenvalue weighted by Crippen LogP contribution is 2.22. The van der Waals surface area contributed by atoms with Crippen LogP contribution in [0.3, 0.4) is 0 Å². The van der Waals surface area contributed by atoms with Crippen LogP contribution in [-0.4, -0.2) is 21.3 Å². The van der Waals surface area contributed by atoms with Crippen LogP contribution in [-0.2, 0) is 0 Å². The third kappa shape index (κ3) is 2.54. The first-order chi connectivity index (χ1) is 8.72. The third-order valence-electron chi connectivity index (χ3n) is 2.70. The molecule has 1 heterocycles. The van der Waals surface area contributed by atoms with Gasteiger partial charge in [0.1, 0.15) is 6.10 Å². The summed E-state index contributed by atoms with van der Waals surface area (Å²) in [5.74, 6) is 0. The van der Waals surface area contributed by atoms with Gasteiger partial charge < -0.3 is 10.2 Å². The molecule has 0 aliphatic carbocycles. The smallest absolute Gasteiger partial charge is 0.170 e. The zero-order chi connectivity index (χ0) is 13.0. The maximum Gasteiger partial charge on any atom is 0.170 e. The molecule has 4 heteroatoms. The fourth-order valence-corrected chi connectivity index (χ4v) is 1.67. The summed E-state index contributed by atoms with van der Waals surface area (Å²) in [5.41, 5.74) is 2.52. The average Bonchev–Trinajstić information content (AvgIpc) is 2.47. The van der Waals surface area contributed by atoms with Crippen molar-refractivity contribution in [3.05, 3.63) is 54.4 Å². The van der Waals surface area contributed by atoms with E-state index >= 15 is 0 Å². The molecule has 0 saturated carbocycles. The van der Waals surface area contributed by atoms with E-state index < -0.39 is 12.2 Å². The molecule has 0 amide bonds. The monoisotopic (exact) mass is 240 g/mol. The average molecular weight is 240 g/mol. The second-order valence-electron chi connectivity index (χ2n) is 3.88. The second-order valence-corrected chi connectivity index (χ2v) is 3.88. The van der Waals surface area contributed by atoms with Crippen molar-refractivity contribution in [2.24, 2.45) is 0 Å². The van der Waals surface area contributed by atoms with E-state index in [1.807, 2.05) is 24.3 Å². The topological polar surface area (TPSA) is 77.1 Å². The molecular weight excluding hydrogens is 228 g/mol. The van der Waals surface area contributed by atoms with Crippen molar-refractivity contribution in [1.29, 1.82) is 5.26 Å². The van der Waals surface area contributed by atoms with Crippen LogP contribution in [0, 0.1) is 11.3 Å². The quantitative estimate of drug-likeness (QED) is 0.800. The van der Waals surface area contributed by atoms with Crippen molar-refractivity contribution >= 4 is 0 Å². The standard InChI is InChI=1S/C14H12N2O2/c15-9-13(17)14(18)12-3-1-10(2-4-12)11-5-7-16-8-6-11/h1-8,13-14,17-18H. The lowest BCUT2D eigenvalue weighted by Crippen LogP contribution is -2.15. The largest absolute Gasteiger partial charge is 0.385 e. The van der Waals surface area contributed by atoms with E-state index in [9.17, 15) is 10.2 Å². The van der Waals surface area contributed by atoms with E-state index in [0.29, 0.717) is 5.56 Å². The lowest BCUT2D eigenvalue weighted by atomic mass is 10.0. The van der Waals surface area contributed by atoms with Crippen LogP contribution in [0.15, 0.2) is 48.8 Å². The Morgan fingerprint density at radius 2 is 1.50 bits per heavy atom. The Morgan fingerprint density at radius 1 is 0.944 bits per heavy atom. The highest BCUT2D eigenvalue weighted by Gasteiger charge is 2.17. The van der Waals surface area contributed by atoms with Crippen LogP contribution >= 0.6 is 0 Å². The molecule has 18 heavy (non-hydrogen) atoms. The lowest BCUT2D eigenvalue weighted by molar-refractivity contribution is 0.0528. The number of aromatic nitrogens is 1. The molecule has 2 rings (SSSR count). The summed E-state index contributed by atoms with van der Waals surface area (Å²) >= 11 is 0. The number of aliphatic hydroxyl groups is 2. The van der Waals surface area contributed by atoms with Crippen LogP contribution in [0.1, 0.15) is 11.7 Å². The summed E-state index contributed by atoms with van der Waals surface area (Å²) < 4.78 is 0. The SMILES string of the molecule is N#CC(O)C(O)c1ccc(-c2ccncc2)cc1. The van der Waals surface area contributed by atoms with Gasteiger partial charge in [-0.1, -0.05) is 24.3 Å². The maximum absolute atomic E-state index is 9.67. The summed E-state index contributed by atoms with van der Waals surface area (Å²) in [6.45, 7) is 0. The van der Waals surface area contributed by atoms with Crippen LogP contribution in [0.4, 0.5) is 0 Å². The van der Waals surface area contributed by atoms with Gasteiger partial charge in [-0.2, -0.15) is 5.26 Å². The van der Waals surface area contributed by atoms with E-state index in [-0.39, 0.29) is 0 Å². The lowest BCUT2D eigenvalue weighted by Gasteiger charge is -2.12. The van der Waals surface area contributed by atoms with E-state index in [4.69, 9.17) is 5.26 Å². The Bertz CT molecular complexity index is 546. The van der Waals surface area contributed by atoms with Gasteiger partial charge in [0, 0.05) is 12.4 Å². The van der Waals surface area contributed by atoms with Crippen LogP contribution in [0.25, 0.3) is 11.1 Å². The molecular formula is C14H12N2O2. The van der Waals surface area contributed by atoms with Crippen LogP contribution in [0.2, 0.25) is 0 Å². The van der Waals surface area contributed by atoms with E-state index in [1.165, 1.54) is 0 Å². The number of nitriles is 1. The van der Waals surface area contributed by atoms with E-state index in [0.717, 1.165) is 11.1 Å². The summed E-state index contributed by atoms with van der Waals surface area (Å²) in [5, 5.41) is 27.4. The van der Waals surface area contributed by atoms with Crippen molar-refractivity contribution in [1.82, 2.24) is 4.98 Å². The van der Waals surface area contributed by atoms with Gasteiger partial charge in [-0.3, -0.25) is 4.98 Å². The maximum atomic E-state index is 9.67. The number of hydrogen-bond donors (Lipinski definition) is 2. The third-order valence-corrected chi connectivity index (χ3v) is 2.70. The van der Waals surface area contributed by atoms with Crippen LogP contribution in [0.5, 0.6) is 0 Å². The predicted octanol–water partition coefficient (Wildman–Crippen LogP) is 1.67. The number of rotatable bonds is 3. The minimum absolute atomic E-state index is 0.516.